The first kappa shape index (κ1) is 19.3. The summed E-state index contributed by atoms with van der Waals surface area (Å²) in [5.74, 6) is -1.15. The third-order valence-electron chi connectivity index (χ3n) is 4.12. The van der Waals surface area contributed by atoms with Crippen LogP contribution in [0.5, 0.6) is 0 Å². The van der Waals surface area contributed by atoms with Gasteiger partial charge in [0.15, 0.2) is 0 Å². The first-order valence-electron chi connectivity index (χ1n) is 7.70. The van der Waals surface area contributed by atoms with Crippen LogP contribution < -0.4 is 17.0 Å². The molecular weight excluding hydrogens is 338 g/mol. The van der Waals surface area contributed by atoms with Crippen molar-refractivity contribution < 1.29 is 30.0 Å². The van der Waals surface area contributed by atoms with E-state index < -0.39 is 54.3 Å². The predicted octanol–water partition coefficient (Wildman–Crippen LogP) is -3.12. The van der Waals surface area contributed by atoms with Crippen molar-refractivity contribution in [3.05, 3.63) is 32.6 Å². The van der Waals surface area contributed by atoms with Crippen molar-refractivity contribution in [2.45, 2.75) is 49.8 Å². The van der Waals surface area contributed by atoms with Crippen LogP contribution in [-0.4, -0.2) is 66.9 Å². The topological polar surface area (TPSA) is 188 Å². The van der Waals surface area contributed by atoms with Crippen LogP contribution in [0.15, 0.2) is 15.8 Å². The lowest BCUT2D eigenvalue weighted by Crippen LogP contribution is -2.36. The molecule has 2 rings (SSSR count). The summed E-state index contributed by atoms with van der Waals surface area (Å²) in [6.07, 6.45) is -3.47. The highest BCUT2D eigenvalue weighted by molar-refractivity contribution is 5.72. The van der Waals surface area contributed by atoms with Gasteiger partial charge in [-0.05, 0) is 12.8 Å². The molecule has 0 spiro atoms. The van der Waals surface area contributed by atoms with Crippen LogP contribution in [0.1, 0.15) is 24.5 Å². The highest BCUT2D eigenvalue weighted by Crippen LogP contribution is 2.31. The first-order chi connectivity index (χ1) is 11.8. The van der Waals surface area contributed by atoms with Gasteiger partial charge in [0, 0.05) is 12.7 Å². The average Bonchev–Trinajstić information content (AvgIpc) is 2.84. The lowest BCUT2D eigenvalue weighted by molar-refractivity contribution is -0.138. The van der Waals surface area contributed by atoms with Crippen LogP contribution in [0.4, 0.5) is 0 Å². The van der Waals surface area contributed by atoms with Crippen LogP contribution in [-0.2, 0) is 16.1 Å². The fourth-order valence-corrected chi connectivity index (χ4v) is 2.66. The Bertz CT molecular complexity index is 730. The van der Waals surface area contributed by atoms with E-state index in [-0.39, 0.29) is 24.9 Å². The molecule has 0 aliphatic carbocycles. The number of carboxylic acids is 1. The average molecular weight is 359 g/mol. The van der Waals surface area contributed by atoms with Gasteiger partial charge in [-0.1, -0.05) is 0 Å². The van der Waals surface area contributed by atoms with Crippen LogP contribution in [0.25, 0.3) is 0 Å². The van der Waals surface area contributed by atoms with Gasteiger partial charge in [0.25, 0.3) is 5.56 Å². The Kier molecular flexibility index (Phi) is 6.08. The molecule has 0 saturated carbocycles. The molecule has 0 bridgehead atoms. The monoisotopic (exact) mass is 359 g/mol. The molecule has 11 heteroatoms. The van der Waals surface area contributed by atoms with Gasteiger partial charge in [-0.25, -0.2) is 4.79 Å². The van der Waals surface area contributed by atoms with Gasteiger partial charge in [0.1, 0.15) is 30.5 Å². The number of hydrogen-bond acceptors (Lipinski definition) is 8. The minimum absolute atomic E-state index is 0.0790. The van der Waals surface area contributed by atoms with Gasteiger partial charge in [0.05, 0.1) is 12.2 Å². The lowest BCUT2D eigenvalue weighted by Gasteiger charge is -2.15. The van der Waals surface area contributed by atoms with Crippen molar-refractivity contribution in [1.29, 1.82) is 0 Å². The summed E-state index contributed by atoms with van der Waals surface area (Å²) in [4.78, 5) is 36.6. The summed E-state index contributed by atoms with van der Waals surface area (Å²) < 4.78 is 6.43. The molecule has 2 heterocycles. The lowest BCUT2D eigenvalue weighted by atomic mass is 10.0. The fraction of sp³-hybridized carbons (Fsp3) is 0.643. The number of ether oxygens (including phenoxy) is 1. The summed E-state index contributed by atoms with van der Waals surface area (Å²) in [5, 5.41) is 37.6. The predicted molar refractivity (Wildman–Crippen MR) is 82.9 cm³/mol. The maximum absolute atomic E-state index is 12.0. The van der Waals surface area contributed by atoms with E-state index in [4.69, 9.17) is 20.7 Å². The van der Waals surface area contributed by atoms with Crippen molar-refractivity contribution >= 4 is 5.97 Å². The van der Waals surface area contributed by atoms with E-state index in [9.17, 15) is 24.6 Å². The van der Waals surface area contributed by atoms with Gasteiger partial charge in [0.2, 0.25) is 0 Å². The molecule has 1 aliphatic rings. The Morgan fingerprint density at radius 2 is 2.04 bits per heavy atom. The van der Waals surface area contributed by atoms with Gasteiger partial charge in [-0.3, -0.25) is 14.6 Å². The van der Waals surface area contributed by atoms with E-state index in [1.807, 2.05) is 0 Å². The van der Waals surface area contributed by atoms with Crippen molar-refractivity contribution in [1.82, 2.24) is 9.55 Å². The molecule has 1 saturated heterocycles. The molecule has 1 unspecified atom stereocenters. The Morgan fingerprint density at radius 3 is 2.60 bits per heavy atom. The van der Waals surface area contributed by atoms with Gasteiger partial charge >= 0.3 is 11.7 Å². The third kappa shape index (κ3) is 4.14. The fourth-order valence-electron chi connectivity index (χ4n) is 2.66. The minimum Gasteiger partial charge on any atom is -0.480 e. The summed E-state index contributed by atoms with van der Waals surface area (Å²) in [6.45, 7) is -0.447. The molecule has 0 aromatic carbocycles. The largest absolute Gasteiger partial charge is 0.480 e. The summed E-state index contributed by atoms with van der Waals surface area (Å²) in [7, 11) is 0. The second kappa shape index (κ2) is 7.89. The van der Waals surface area contributed by atoms with E-state index in [1.54, 1.807) is 0 Å². The number of aryl methyl sites for hydroxylation is 1. The first-order valence-corrected chi connectivity index (χ1v) is 7.70. The van der Waals surface area contributed by atoms with Gasteiger partial charge < -0.3 is 35.5 Å². The van der Waals surface area contributed by atoms with Crippen molar-refractivity contribution in [3.8, 4) is 0 Å². The number of aromatic nitrogens is 2. The zero-order chi connectivity index (χ0) is 18.7. The summed E-state index contributed by atoms with van der Waals surface area (Å²) in [5.41, 5.74) is 3.82. The molecule has 7 N–H and O–H groups in total. The summed E-state index contributed by atoms with van der Waals surface area (Å²) >= 11 is 0. The SMILES string of the molecule is NC(CCCn1cc([C@@H]2O[C@H](CO)[C@@H](O)[C@H]2O)c(=O)[nH]c1=O)C(=O)O. The highest BCUT2D eigenvalue weighted by atomic mass is 16.6. The molecule has 1 aliphatic heterocycles. The number of aliphatic carboxylic acids is 1. The van der Waals surface area contributed by atoms with Crippen LogP contribution >= 0.6 is 0 Å². The Hall–Kier alpha value is -2.05. The number of rotatable bonds is 7. The zero-order valence-corrected chi connectivity index (χ0v) is 13.2. The number of nitrogens with two attached hydrogens (primary N) is 1. The number of carbonyl (C=O) groups is 1. The number of hydrogen-bond donors (Lipinski definition) is 6. The number of aliphatic hydroxyl groups is 3. The zero-order valence-electron chi connectivity index (χ0n) is 13.2. The quantitative estimate of drug-likeness (QED) is 0.293. The van der Waals surface area contributed by atoms with Crippen molar-refractivity contribution in [3.63, 3.8) is 0 Å². The van der Waals surface area contributed by atoms with Crippen LogP contribution in [0, 0.1) is 0 Å². The Morgan fingerprint density at radius 1 is 1.36 bits per heavy atom. The smallest absolute Gasteiger partial charge is 0.328 e. The molecule has 140 valence electrons. The van der Waals surface area contributed by atoms with E-state index in [2.05, 4.69) is 4.98 Å². The second-order valence-corrected chi connectivity index (χ2v) is 5.88. The molecular formula is C14H21N3O8. The maximum atomic E-state index is 12.0. The van der Waals surface area contributed by atoms with Crippen LogP contribution in [0.2, 0.25) is 0 Å². The van der Waals surface area contributed by atoms with Gasteiger partial charge in [-0.15, -0.1) is 0 Å². The Balaban J connectivity index is 2.19. The second-order valence-electron chi connectivity index (χ2n) is 5.88. The standard InChI is InChI=1S/C14H21N3O8/c15-7(13(22)23)2-1-3-17-4-6(12(21)16-14(17)24)11-10(20)9(19)8(5-18)25-11/h4,7-11,18-20H,1-3,5,15H2,(H,22,23)(H,16,21,24)/t7?,8-,9-,10-,11+/m1/s1. The van der Waals surface area contributed by atoms with E-state index >= 15 is 0 Å². The van der Waals surface area contributed by atoms with Crippen molar-refractivity contribution in [2.75, 3.05) is 6.61 Å². The molecule has 11 nitrogen and oxygen atoms in total. The Labute approximate surface area is 141 Å². The van der Waals surface area contributed by atoms with Gasteiger partial charge in [-0.2, -0.15) is 0 Å². The number of aromatic amines is 1. The number of nitrogens with one attached hydrogen (secondary N) is 1. The van der Waals surface area contributed by atoms with E-state index in [1.165, 1.54) is 6.20 Å². The van der Waals surface area contributed by atoms with Crippen molar-refractivity contribution in [2.24, 2.45) is 5.73 Å². The maximum Gasteiger partial charge on any atom is 0.328 e. The number of carboxylic acid groups (broad SMARTS) is 1. The molecule has 0 amide bonds. The summed E-state index contributed by atoms with van der Waals surface area (Å²) in [6, 6.07) is -1.06. The molecule has 25 heavy (non-hydrogen) atoms. The molecule has 1 fully saturated rings. The van der Waals surface area contributed by atoms with E-state index in [0.717, 1.165) is 4.57 Å². The number of nitrogens with zero attached hydrogens (tertiary/aromatic N) is 1. The highest BCUT2D eigenvalue weighted by Gasteiger charge is 2.44. The molecule has 0 radical (unpaired) electrons. The number of aliphatic hydroxyl groups excluding tert-OH is 3. The van der Waals surface area contributed by atoms with E-state index in [0.29, 0.717) is 0 Å². The molecule has 1 aromatic heterocycles. The minimum atomic E-state index is -1.44. The number of H-pyrrole nitrogens is 1. The third-order valence-corrected chi connectivity index (χ3v) is 4.12. The molecule has 1 aromatic rings. The molecule has 5 atom stereocenters. The van der Waals surface area contributed by atoms with Crippen LogP contribution in [0.3, 0.4) is 0 Å². The normalized spacial score (nSPS) is 27.4.